The number of piperazine rings is 1. The molecule has 23 heavy (non-hydrogen) atoms. The van der Waals surface area contributed by atoms with Crippen molar-refractivity contribution in [3.05, 3.63) is 52.5 Å². The largest absolute Gasteiger partial charge is 0.299 e. The molecule has 2 aromatic rings. The summed E-state index contributed by atoms with van der Waals surface area (Å²) in [5.74, 6) is 0.821. The van der Waals surface area contributed by atoms with Crippen molar-refractivity contribution >= 4 is 0 Å². The zero-order valence-electron chi connectivity index (χ0n) is 13.4. The molecule has 2 aromatic heterocycles. The summed E-state index contributed by atoms with van der Waals surface area (Å²) >= 11 is 0. The van der Waals surface area contributed by atoms with Crippen LogP contribution in [0.3, 0.4) is 0 Å². The van der Waals surface area contributed by atoms with E-state index in [-0.39, 0.29) is 5.56 Å². The van der Waals surface area contributed by atoms with E-state index in [0.717, 1.165) is 50.8 Å². The topological polar surface area (TPSA) is 67.2 Å². The number of aromatic nitrogens is 4. The van der Waals surface area contributed by atoms with Gasteiger partial charge in [-0.25, -0.2) is 14.6 Å². The molecule has 0 N–H and O–H groups in total. The van der Waals surface area contributed by atoms with E-state index in [2.05, 4.69) is 24.9 Å². The predicted octanol–water partition coefficient (Wildman–Crippen LogP) is 0.160. The van der Waals surface area contributed by atoms with Crippen molar-refractivity contribution in [2.24, 2.45) is 0 Å². The Morgan fingerprint density at radius 1 is 1.04 bits per heavy atom. The normalized spacial score (nSPS) is 16.6. The van der Waals surface area contributed by atoms with Gasteiger partial charge in [-0.05, 0) is 19.1 Å². The standard InChI is InChI=1S/C16H22N6O/c1-14-17-6-4-15(19-14)13-21-9-7-20(8-10-21)11-12-22-16(23)3-2-5-18-22/h2-6H,7-13H2,1H3. The van der Waals surface area contributed by atoms with Gasteiger partial charge in [0.05, 0.1) is 12.2 Å². The van der Waals surface area contributed by atoms with Crippen molar-refractivity contribution in [2.45, 2.75) is 20.0 Å². The molecule has 0 unspecified atom stereocenters. The van der Waals surface area contributed by atoms with Gasteiger partial charge in [0.15, 0.2) is 0 Å². The fourth-order valence-corrected chi connectivity index (χ4v) is 2.78. The molecular weight excluding hydrogens is 292 g/mol. The van der Waals surface area contributed by atoms with Crippen LogP contribution >= 0.6 is 0 Å². The Hall–Kier alpha value is -2.12. The first-order valence-corrected chi connectivity index (χ1v) is 7.96. The van der Waals surface area contributed by atoms with Gasteiger partial charge in [0, 0.05) is 57.7 Å². The number of aryl methyl sites for hydroxylation is 1. The van der Waals surface area contributed by atoms with Crippen LogP contribution in [-0.2, 0) is 13.1 Å². The fourth-order valence-electron chi connectivity index (χ4n) is 2.78. The summed E-state index contributed by atoms with van der Waals surface area (Å²) in [5, 5.41) is 4.09. The summed E-state index contributed by atoms with van der Waals surface area (Å²) in [6, 6.07) is 5.20. The molecule has 0 spiro atoms. The Balaban J connectivity index is 1.45. The molecule has 122 valence electrons. The van der Waals surface area contributed by atoms with E-state index in [0.29, 0.717) is 6.54 Å². The van der Waals surface area contributed by atoms with Crippen LogP contribution in [0.5, 0.6) is 0 Å². The third-order valence-electron chi connectivity index (χ3n) is 4.10. The van der Waals surface area contributed by atoms with Crippen LogP contribution in [0.15, 0.2) is 35.4 Å². The molecular formula is C16H22N6O. The van der Waals surface area contributed by atoms with Crippen molar-refractivity contribution in [2.75, 3.05) is 32.7 Å². The lowest BCUT2D eigenvalue weighted by Crippen LogP contribution is -2.47. The van der Waals surface area contributed by atoms with Crippen LogP contribution in [0.25, 0.3) is 0 Å². The Morgan fingerprint density at radius 2 is 1.83 bits per heavy atom. The van der Waals surface area contributed by atoms with E-state index < -0.39 is 0 Å². The van der Waals surface area contributed by atoms with Gasteiger partial charge in [-0.1, -0.05) is 0 Å². The molecule has 3 heterocycles. The average Bonchev–Trinajstić information content (AvgIpc) is 2.56. The van der Waals surface area contributed by atoms with E-state index in [1.54, 1.807) is 18.3 Å². The van der Waals surface area contributed by atoms with Crippen LogP contribution in [0, 0.1) is 6.92 Å². The van der Waals surface area contributed by atoms with Gasteiger partial charge in [0.1, 0.15) is 5.82 Å². The van der Waals surface area contributed by atoms with E-state index in [4.69, 9.17) is 0 Å². The van der Waals surface area contributed by atoms with Crippen molar-refractivity contribution in [1.29, 1.82) is 0 Å². The molecule has 0 aliphatic carbocycles. The average molecular weight is 314 g/mol. The van der Waals surface area contributed by atoms with Gasteiger partial charge in [-0.2, -0.15) is 5.10 Å². The molecule has 0 atom stereocenters. The van der Waals surface area contributed by atoms with Crippen LogP contribution in [0.4, 0.5) is 0 Å². The zero-order valence-corrected chi connectivity index (χ0v) is 13.4. The Kier molecular flexibility index (Phi) is 5.09. The van der Waals surface area contributed by atoms with Crippen molar-refractivity contribution in [3.63, 3.8) is 0 Å². The molecule has 0 aromatic carbocycles. The molecule has 3 rings (SSSR count). The molecule has 0 saturated carbocycles. The molecule has 1 aliphatic rings. The molecule has 7 heteroatoms. The highest BCUT2D eigenvalue weighted by Gasteiger charge is 2.17. The first-order valence-electron chi connectivity index (χ1n) is 7.96. The highest BCUT2D eigenvalue weighted by Crippen LogP contribution is 2.06. The van der Waals surface area contributed by atoms with E-state index >= 15 is 0 Å². The summed E-state index contributed by atoms with van der Waals surface area (Å²) in [5.41, 5.74) is 1.04. The van der Waals surface area contributed by atoms with Crippen LogP contribution in [0.2, 0.25) is 0 Å². The number of nitrogens with zero attached hydrogens (tertiary/aromatic N) is 6. The zero-order chi connectivity index (χ0) is 16.1. The third-order valence-corrected chi connectivity index (χ3v) is 4.10. The minimum Gasteiger partial charge on any atom is -0.299 e. The molecule has 1 saturated heterocycles. The number of hydrogen-bond donors (Lipinski definition) is 0. The minimum atomic E-state index is -0.0368. The minimum absolute atomic E-state index is 0.0368. The monoisotopic (exact) mass is 314 g/mol. The van der Waals surface area contributed by atoms with Crippen LogP contribution in [-0.4, -0.2) is 62.3 Å². The molecule has 1 aliphatic heterocycles. The Morgan fingerprint density at radius 3 is 2.57 bits per heavy atom. The van der Waals surface area contributed by atoms with E-state index in [1.165, 1.54) is 4.68 Å². The molecule has 0 radical (unpaired) electrons. The lowest BCUT2D eigenvalue weighted by atomic mass is 10.3. The number of hydrogen-bond acceptors (Lipinski definition) is 6. The second-order valence-corrected chi connectivity index (χ2v) is 5.80. The van der Waals surface area contributed by atoms with Gasteiger partial charge in [0.25, 0.3) is 5.56 Å². The fraction of sp³-hybridized carbons (Fsp3) is 0.500. The molecule has 0 bridgehead atoms. The smallest absolute Gasteiger partial charge is 0.266 e. The lowest BCUT2D eigenvalue weighted by molar-refractivity contribution is 0.121. The summed E-state index contributed by atoms with van der Waals surface area (Å²) in [4.78, 5) is 25.0. The Labute approximate surface area is 135 Å². The van der Waals surface area contributed by atoms with Gasteiger partial charge < -0.3 is 0 Å². The first-order chi connectivity index (χ1) is 11.2. The van der Waals surface area contributed by atoms with Gasteiger partial charge >= 0.3 is 0 Å². The van der Waals surface area contributed by atoms with Crippen molar-refractivity contribution < 1.29 is 0 Å². The van der Waals surface area contributed by atoms with Gasteiger partial charge in [0.2, 0.25) is 0 Å². The Bertz CT molecular complexity index is 693. The molecule has 7 nitrogen and oxygen atoms in total. The summed E-state index contributed by atoms with van der Waals surface area (Å²) in [7, 11) is 0. The predicted molar refractivity (Wildman–Crippen MR) is 87.0 cm³/mol. The van der Waals surface area contributed by atoms with Crippen LogP contribution < -0.4 is 5.56 Å². The second-order valence-electron chi connectivity index (χ2n) is 5.80. The SMILES string of the molecule is Cc1nccc(CN2CCN(CCn3ncccc3=O)CC2)n1. The quantitative estimate of drug-likeness (QED) is 0.783. The first kappa shape index (κ1) is 15.8. The highest BCUT2D eigenvalue weighted by molar-refractivity contribution is 5.01. The molecule has 0 amide bonds. The van der Waals surface area contributed by atoms with E-state index in [1.807, 2.05) is 19.2 Å². The maximum atomic E-state index is 11.6. The summed E-state index contributed by atoms with van der Waals surface area (Å²) in [6.07, 6.45) is 3.47. The summed E-state index contributed by atoms with van der Waals surface area (Å²) < 4.78 is 1.52. The van der Waals surface area contributed by atoms with Gasteiger partial charge in [-0.3, -0.25) is 14.6 Å². The summed E-state index contributed by atoms with van der Waals surface area (Å²) in [6.45, 7) is 8.33. The molecule has 1 fully saturated rings. The number of rotatable bonds is 5. The third kappa shape index (κ3) is 4.43. The van der Waals surface area contributed by atoms with Crippen molar-refractivity contribution in [3.8, 4) is 0 Å². The van der Waals surface area contributed by atoms with Crippen LogP contribution in [0.1, 0.15) is 11.5 Å². The lowest BCUT2D eigenvalue weighted by Gasteiger charge is -2.34. The second kappa shape index (κ2) is 7.43. The highest BCUT2D eigenvalue weighted by atomic mass is 16.1. The maximum Gasteiger partial charge on any atom is 0.266 e. The van der Waals surface area contributed by atoms with E-state index in [9.17, 15) is 4.79 Å². The van der Waals surface area contributed by atoms with Gasteiger partial charge in [-0.15, -0.1) is 0 Å². The van der Waals surface area contributed by atoms with Crippen molar-refractivity contribution in [1.82, 2.24) is 29.5 Å². The maximum absolute atomic E-state index is 11.6.